The molecule has 0 unspecified atom stereocenters. The lowest BCUT2D eigenvalue weighted by atomic mass is 10.2. The van der Waals surface area contributed by atoms with Crippen molar-refractivity contribution in [3.05, 3.63) is 72.1 Å². The number of alkyl halides is 3. The van der Waals surface area contributed by atoms with Crippen LogP contribution in [0.5, 0.6) is 11.5 Å². The number of rotatable bonds is 5. The van der Waals surface area contributed by atoms with E-state index in [2.05, 4.69) is 20.6 Å². The van der Waals surface area contributed by atoms with E-state index in [1.165, 1.54) is 48.8 Å². The quantitative estimate of drug-likeness (QED) is 0.419. The third kappa shape index (κ3) is 4.58. The Balaban J connectivity index is 1.58. The van der Waals surface area contributed by atoms with Crippen LogP contribution in [0.4, 0.5) is 24.0 Å². The molecule has 2 heterocycles. The first-order valence-electron chi connectivity index (χ1n) is 9.03. The fourth-order valence-corrected chi connectivity index (χ4v) is 3.75. The average Bonchev–Trinajstić information content (AvgIpc) is 3.14. The smallest absolute Gasteiger partial charge is 0.418 e. The normalized spacial score (nSPS) is 11.4. The largest absolute Gasteiger partial charge is 0.457 e. The Morgan fingerprint density at radius 2 is 1.84 bits per heavy atom. The Bertz CT molecular complexity index is 1260. The highest BCUT2D eigenvalue weighted by atomic mass is 32.1. The van der Waals surface area contributed by atoms with E-state index in [1.54, 1.807) is 24.3 Å². The van der Waals surface area contributed by atoms with E-state index >= 15 is 0 Å². The van der Waals surface area contributed by atoms with Gasteiger partial charge < -0.3 is 15.4 Å². The van der Waals surface area contributed by atoms with Gasteiger partial charge in [-0.15, -0.1) is 0 Å². The summed E-state index contributed by atoms with van der Waals surface area (Å²) < 4.78 is 46.2. The van der Waals surface area contributed by atoms with E-state index in [0.717, 1.165) is 10.8 Å². The molecule has 0 bridgehead atoms. The molecule has 0 spiro atoms. The number of benzene rings is 2. The van der Waals surface area contributed by atoms with Gasteiger partial charge in [-0.05, 0) is 30.3 Å². The van der Waals surface area contributed by atoms with Crippen molar-refractivity contribution >= 4 is 38.3 Å². The summed E-state index contributed by atoms with van der Waals surface area (Å²) in [5, 5.41) is 5.58. The van der Waals surface area contributed by atoms with Gasteiger partial charge in [0.2, 0.25) is 0 Å². The molecule has 2 aromatic heterocycles. The number of nitrogens with one attached hydrogen (secondary N) is 2. The number of para-hydroxylation sites is 1. The van der Waals surface area contributed by atoms with Gasteiger partial charge in [0.15, 0.2) is 5.13 Å². The summed E-state index contributed by atoms with van der Waals surface area (Å²) >= 11 is 1.20. The van der Waals surface area contributed by atoms with E-state index < -0.39 is 11.7 Å². The summed E-state index contributed by atoms with van der Waals surface area (Å²) in [5.74, 6) is 0.584. The second-order valence-corrected chi connectivity index (χ2v) is 7.41. The van der Waals surface area contributed by atoms with Gasteiger partial charge in [-0.25, -0.2) is 4.98 Å². The number of anilines is 2. The molecule has 0 radical (unpaired) electrons. The summed E-state index contributed by atoms with van der Waals surface area (Å²) in [7, 11) is 1.51. The van der Waals surface area contributed by atoms with Crippen molar-refractivity contribution in [3.63, 3.8) is 0 Å². The molecule has 0 saturated carbocycles. The van der Waals surface area contributed by atoms with Crippen molar-refractivity contribution in [2.75, 3.05) is 12.4 Å². The predicted molar refractivity (Wildman–Crippen MR) is 112 cm³/mol. The van der Waals surface area contributed by atoms with Crippen molar-refractivity contribution in [2.24, 2.45) is 0 Å². The van der Waals surface area contributed by atoms with Crippen molar-refractivity contribution < 1.29 is 22.7 Å². The maximum Gasteiger partial charge on any atom is 0.418 e. The molecule has 4 rings (SSSR count). The topological polar surface area (TPSA) is 76.1 Å². The monoisotopic (exact) mass is 444 g/mol. The van der Waals surface area contributed by atoms with Gasteiger partial charge in [-0.2, -0.15) is 13.2 Å². The number of hydrogen-bond donors (Lipinski definition) is 2. The van der Waals surface area contributed by atoms with Crippen LogP contribution in [0.3, 0.4) is 0 Å². The molecule has 4 aromatic rings. The number of carbonyl (C=O) groups excluding carboxylic acids is 1. The molecule has 2 N–H and O–H groups in total. The van der Waals surface area contributed by atoms with Gasteiger partial charge in [0, 0.05) is 25.4 Å². The number of ether oxygens (including phenoxy) is 1. The number of carbonyl (C=O) groups is 1. The third-order valence-corrected chi connectivity index (χ3v) is 5.19. The van der Waals surface area contributed by atoms with Crippen LogP contribution in [0, 0.1) is 0 Å². The third-order valence-electron chi connectivity index (χ3n) is 4.26. The molecule has 0 aliphatic carbocycles. The lowest BCUT2D eigenvalue weighted by Crippen LogP contribution is -2.18. The number of aromatic nitrogens is 2. The summed E-state index contributed by atoms with van der Waals surface area (Å²) in [4.78, 5) is 20.0. The van der Waals surface area contributed by atoms with Crippen molar-refractivity contribution in [1.29, 1.82) is 0 Å². The second-order valence-electron chi connectivity index (χ2n) is 6.37. The number of fused-ring (bicyclic) bond motifs is 1. The standard InChI is InChI=1S/C21H15F3N4O2S/c1-25-19(29)17-10-13(8-9-26-17)30-12-6-7-16-18(11-12)31-20(28-16)27-15-5-3-2-4-14(15)21(22,23)24/h2-11H,1H3,(H,25,29)(H,27,28). The second kappa shape index (κ2) is 8.23. The van der Waals surface area contributed by atoms with Crippen LogP contribution in [0.2, 0.25) is 0 Å². The van der Waals surface area contributed by atoms with Gasteiger partial charge in [0.1, 0.15) is 17.2 Å². The van der Waals surface area contributed by atoms with E-state index in [0.29, 0.717) is 22.1 Å². The van der Waals surface area contributed by atoms with Crippen LogP contribution < -0.4 is 15.4 Å². The fraction of sp³-hybridized carbons (Fsp3) is 0.0952. The molecule has 31 heavy (non-hydrogen) atoms. The van der Waals surface area contributed by atoms with Crippen molar-refractivity contribution in [1.82, 2.24) is 15.3 Å². The molecule has 0 fully saturated rings. The molecule has 0 aliphatic heterocycles. The van der Waals surface area contributed by atoms with Crippen molar-refractivity contribution in [2.45, 2.75) is 6.18 Å². The first-order valence-corrected chi connectivity index (χ1v) is 9.85. The highest BCUT2D eigenvalue weighted by Crippen LogP contribution is 2.38. The molecule has 0 aliphatic rings. The SMILES string of the molecule is CNC(=O)c1cc(Oc2ccc3nc(Nc4ccccc4C(F)(F)F)sc3c2)ccn1. The minimum absolute atomic E-state index is 0.0657. The van der Waals surface area contributed by atoms with Crippen LogP contribution in [-0.2, 0) is 6.18 Å². The molecular formula is C21H15F3N4O2S. The number of halogens is 3. The van der Waals surface area contributed by atoms with Gasteiger partial charge in [0.05, 0.1) is 21.5 Å². The fourth-order valence-electron chi connectivity index (χ4n) is 2.84. The summed E-state index contributed by atoms with van der Waals surface area (Å²) in [6.45, 7) is 0. The minimum atomic E-state index is -4.47. The van der Waals surface area contributed by atoms with Gasteiger partial charge in [0.25, 0.3) is 5.91 Å². The maximum atomic E-state index is 13.2. The molecule has 6 nitrogen and oxygen atoms in total. The highest BCUT2D eigenvalue weighted by Gasteiger charge is 2.33. The average molecular weight is 444 g/mol. The van der Waals surface area contributed by atoms with E-state index in [4.69, 9.17) is 4.74 Å². The highest BCUT2D eigenvalue weighted by molar-refractivity contribution is 7.22. The molecule has 0 saturated heterocycles. The van der Waals surface area contributed by atoms with Crippen LogP contribution >= 0.6 is 11.3 Å². The zero-order valence-corrected chi connectivity index (χ0v) is 16.8. The molecular weight excluding hydrogens is 429 g/mol. The zero-order valence-electron chi connectivity index (χ0n) is 16.0. The Kier molecular flexibility index (Phi) is 5.47. The number of hydrogen-bond acceptors (Lipinski definition) is 6. The number of thiazole rings is 1. The summed E-state index contributed by atoms with van der Waals surface area (Å²) in [6.07, 6.45) is -3.01. The van der Waals surface area contributed by atoms with Gasteiger partial charge in [-0.3, -0.25) is 9.78 Å². The van der Waals surface area contributed by atoms with Crippen LogP contribution in [0.15, 0.2) is 60.8 Å². The number of amides is 1. The van der Waals surface area contributed by atoms with Crippen LogP contribution in [0.25, 0.3) is 10.2 Å². The first kappa shape index (κ1) is 20.6. The lowest BCUT2D eigenvalue weighted by Gasteiger charge is -2.12. The number of nitrogens with zero attached hydrogens (tertiary/aromatic N) is 2. The van der Waals surface area contributed by atoms with Crippen molar-refractivity contribution in [3.8, 4) is 11.5 Å². The number of pyridine rings is 1. The maximum absolute atomic E-state index is 13.2. The minimum Gasteiger partial charge on any atom is -0.457 e. The summed E-state index contributed by atoms with van der Waals surface area (Å²) in [5.41, 5.74) is 0.00531. The van der Waals surface area contributed by atoms with Crippen LogP contribution in [-0.4, -0.2) is 22.9 Å². The van der Waals surface area contributed by atoms with E-state index in [1.807, 2.05) is 0 Å². The Morgan fingerprint density at radius 1 is 1.06 bits per heavy atom. The predicted octanol–water partition coefficient (Wildman–Crippen LogP) is 5.61. The van der Waals surface area contributed by atoms with E-state index in [9.17, 15) is 18.0 Å². The van der Waals surface area contributed by atoms with Gasteiger partial charge in [-0.1, -0.05) is 23.5 Å². The molecule has 158 valence electrons. The lowest BCUT2D eigenvalue weighted by molar-refractivity contribution is -0.136. The van der Waals surface area contributed by atoms with Crippen LogP contribution in [0.1, 0.15) is 16.1 Å². The zero-order chi connectivity index (χ0) is 22.0. The molecule has 2 aromatic carbocycles. The first-order chi connectivity index (χ1) is 14.8. The summed E-state index contributed by atoms with van der Waals surface area (Å²) in [6, 6.07) is 13.5. The molecule has 1 amide bonds. The molecule has 10 heteroatoms. The van der Waals surface area contributed by atoms with Gasteiger partial charge >= 0.3 is 6.18 Å². The van der Waals surface area contributed by atoms with E-state index in [-0.39, 0.29) is 17.3 Å². The Hall–Kier alpha value is -3.66. The molecule has 0 atom stereocenters. The Labute approximate surface area is 178 Å². The Morgan fingerprint density at radius 3 is 2.61 bits per heavy atom.